The van der Waals surface area contributed by atoms with Crippen molar-refractivity contribution in [1.82, 2.24) is 24.4 Å². The molecule has 0 unspecified atom stereocenters. The lowest BCUT2D eigenvalue weighted by molar-refractivity contribution is -0.132. The molecule has 2 aromatic heterocycles. The molecule has 3 heterocycles. The van der Waals surface area contributed by atoms with E-state index < -0.39 is 0 Å². The molecule has 0 spiro atoms. The Morgan fingerprint density at radius 1 is 0.781 bits per heavy atom. The van der Waals surface area contributed by atoms with Gasteiger partial charge in [-0.1, -0.05) is 60.7 Å². The highest BCUT2D eigenvalue weighted by Gasteiger charge is 2.23. The lowest BCUT2D eigenvalue weighted by atomic mass is 10.2. The number of benzene rings is 2. The molecule has 0 saturated carbocycles. The molecule has 4 aromatic rings. The molecule has 2 aromatic carbocycles. The lowest BCUT2D eigenvalue weighted by Crippen LogP contribution is -2.50. The number of aromatic nitrogens is 4. The van der Waals surface area contributed by atoms with Gasteiger partial charge >= 0.3 is 0 Å². The molecule has 7 nitrogen and oxygen atoms in total. The normalized spacial score (nSPS) is 13.9. The summed E-state index contributed by atoms with van der Waals surface area (Å²) in [6.07, 6.45) is 5.46. The summed E-state index contributed by atoms with van der Waals surface area (Å²) in [5.74, 6) is 1.61. The minimum atomic E-state index is 0.0906. The maximum Gasteiger partial charge on any atom is 0.242 e. The zero-order valence-corrected chi connectivity index (χ0v) is 17.7. The van der Waals surface area contributed by atoms with Crippen LogP contribution in [0.15, 0.2) is 85.3 Å². The number of carbonyl (C=O) groups excluding carboxylic acids is 1. The first-order valence-corrected chi connectivity index (χ1v) is 10.8. The fourth-order valence-corrected chi connectivity index (χ4v) is 3.96. The van der Waals surface area contributed by atoms with Crippen LogP contribution in [0.2, 0.25) is 0 Å². The number of amides is 1. The SMILES string of the molecule is O=C(Cn1cc(-c2ccccc2)nc1-c1ccccc1)N1CCN(c2ncccn2)CC1. The molecule has 32 heavy (non-hydrogen) atoms. The zero-order chi connectivity index (χ0) is 21.8. The second-order valence-corrected chi connectivity index (χ2v) is 7.73. The predicted octanol–water partition coefficient (Wildman–Crippen LogP) is 3.36. The maximum atomic E-state index is 13.2. The molecule has 0 radical (unpaired) electrons. The third-order valence-electron chi connectivity index (χ3n) is 5.65. The van der Waals surface area contributed by atoms with E-state index >= 15 is 0 Å². The van der Waals surface area contributed by atoms with Gasteiger partial charge in [-0.05, 0) is 6.07 Å². The minimum absolute atomic E-state index is 0.0906. The van der Waals surface area contributed by atoms with Gasteiger partial charge in [0, 0.05) is 55.9 Å². The molecule has 0 atom stereocenters. The summed E-state index contributed by atoms with van der Waals surface area (Å²) in [7, 11) is 0. The summed E-state index contributed by atoms with van der Waals surface area (Å²) in [6, 6.07) is 21.9. The topological polar surface area (TPSA) is 67.2 Å². The van der Waals surface area contributed by atoms with Gasteiger partial charge in [0.2, 0.25) is 11.9 Å². The average Bonchev–Trinajstić information content (AvgIpc) is 3.29. The highest BCUT2D eigenvalue weighted by molar-refractivity contribution is 5.77. The summed E-state index contributed by atoms with van der Waals surface area (Å²) in [5.41, 5.74) is 2.89. The van der Waals surface area contributed by atoms with Crippen LogP contribution in [0.5, 0.6) is 0 Å². The van der Waals surface area contributed by atoms with Gasteiger partial charge in [-0.2, -0.15) is 0 Å². The number of hydrogen-bond donors (Lipinski definition) is 0. The molecule has 0 aliphatic carbocycles. The summed E-state index contributed by atoms with van der Waals surface area (Å²) >= 11 is 0. The highest BCUT2D eigenvalue weighted by Crippen LogP contribution is 2.25. The van der Waals surface area contributed by atoms with E-state index in [4.69, 9.17) is 4.98 Å². The van der Waals surface area contributed by atoms with E-state index in [-0.39, 0.29) is 12.5 Å². The van der Waals surface area contributed by atoms with Crippen LogP contribution in [0.4, 0.5) is 5.95 Å². The number of hydrogen-bond acceptors (Lipinski definition) is 5. The van der Waals surface area contributed by atoms with Gasteiger partial charge < -0.3 is 14.4 Å². The van der Waals surface area contributed by atoms with Gasteiger partial charge in [0.25, 0.3) is 0 Å². The van der Waals surface area contributed by atoms with Crippen LogP contribution in [0, 0.1) is 0 Å². The first-order chi connectivity index (χ1) is 15.8. The van der Waals surface area contributed by atoms with Crippen LogP contribution in [0.1, 0.15) is 0 Å². The van der Waals surface area contributed by atoms with E-state index in [9.17, 15) is 4.79 Å². The highest BCUT2D eigenvalue weighted by atomic mass is 16.2. The van der Waals surface area contributed by atoms with Crippen molar-refractivity contribution in [2.24, 2.45) is 0 Å². The largest absolute Gasteiger partial charge is 0.338 e. The second-order valence-electron chi connectivity index (χ2n) is 7.73. The number of anilines is 1. The summed E-state index contributed by atoms with van der Waals surface area (Å²) in [5, 5.41) is 0. The maximum absolute atomic E-state index is 13.2. The van der Waals surface area contributed by atoms with Crippen molar-refractivity contribution in [3.05, 3.63) is 85.3 Å². The van der Waals surface area contributed by atoms with Crippen LogP contribution in [0.25, 0.3) is 22.6 Å². The molecule has 1 saturated heterocycles. The van der Waals surface area contributed by atoms with Gasteiger partial charge in [-0.25, -0.2) is 15.0 Å². The molecule has 1 aliphatic rings. The molecule has 7 heteroatoms. The fraction of sp³-hybridized carbons (Fsp3) is 0.200. The van der Waals surface area contributed by atoms with Crippen molar-refractivity contribution < 1.29 is 4.79 Å². The van der Waals surface area contributed by atoms with Crippen molar-refractivity contribution in [1.29, 1.82) is 0 Å². The van der Waals surface area contributed by atoms with Crippen LogP contribution < -0.4 is 4.90 Å². The number of imidazole rings is 1. The van der Waals surface area contributed by atoms with Crippen LogP contribution in [-0.2, 0) is 11.3 Å². The minimum Gasteiger partial charge on any atom is -0.338 e. The van der Waals surface area contributed by atoms with E-state index in [1.165, 1.54) is 0 Å². The Morgan fingerprint density at radius 3 is 2.06 bits per heavy atom. The third kappa shape index (κ3) is 4.23. The van der Waals surface area contributed by atoms with Gasteiger partial charge in [0.15, 0.2) is 0 Å². The van der Waals surface area contributed by atoms with Crippen molar-refractivity contribution in [3.8, 4) is 22.6 Å². The molecule has 5 rings (SSSR count). The summed E-state index contributed by atoms with van der Waals surface area (Å²) in [6.45, 7) is 3.00. The predicted molar refractivity (Wildman–Crippen MR) is 124 cm³/mol. The first-order valence-electron chi connectivity index (χ1n) is 10.8. The van der Waals surface area contributed by atoms with Gasteiger partial charge in [0.05, 0.1) is 5.69 Å². The Balaban J connectivity index is 1.34. The number of carbonyl (C=O) groups is 1. The van der Waals surface area contributed by atoms with Crippen molar-refractivity contribution >= 4 is 11.9 Å². The summed E-state index contributed by atoms with van der Waals surface area (Å²) < 4.78 is 1.96. The average molecular weight is 425 g/mol. The molecule has 0 N–H and O–H groups in total. The Morgan fingerprint density at radius 2 is 1.41 bits per heavy atom. The van der Waals surface area contributed by atoms with E-state index in [0.717, 1.165) is 35.7 Å². The Hall–Kier alpha value is -4.00. The zero-order valence-electron chi connectivity index (χ0n) is 17.7. The number of rotatable bonds is 5. The number of nitrogens with zero attached hydrogens (tertiary/aromatic N) is 6. The van der Waals surface area contributed by atoms with E-state index in [1.54, 1.807) is 12.4 Å². The standard InChI is InChI=1S/C25H24N6O/c32-23(29-14-16-30(17-15-29)25-26-12-7-13-27-25)19-31-18-22(20-8-3-1-4-9-20)28-24(31)21-10-5-2-6-11-21/h1-13,18H,14-17,19H2. The molecule has 1 aliphatic heterocycles. The molecule has 160 valence electrons. The van der Waals surface area contributed by atoms with Gasteiger partial charge in [-0.15, -0.1) is 0 Å². The molecular weight excluding hydrogens is 400 g/mol. The van der Waals surface area contributed by atoms with Crippen molar-refractivity contribution in [2.45, 2.75) is 6.54 Å². The third-order valence-corrected chi connectivity index (χ3v) is 5.65. The Bertz CT molecular complexity index is 1170. The monoisotopic (exact) mass is 424 g/mol. The molecule has 1 fully saturated rings. The van der Waals surface area contributed by atoms with Crippen molar-refractivity contribution in [2.75, 3.05) is 31.1 Å². The lowest BCUT2D eigenvalue weighted by Gasteiger charge is -2.34. The molecule has 1 amide bonds. The second kappa shape index (κ2) is 9.01. The van der Waals surface area contributed by atoms with Crippen molar-refractivity contribution in [3.63, 3.8) is 0 Å². The van der Waals surface area contributed by atoms with Gasteiger partial charge in [-0.3, -0.25) is 4.79 Å². The smallest absolute Gasteiger partial charge is 0.242 e. The Kier molecular flexibility index (Phi) is 5.61. The first kappa shape index (κ1) is 19.9. The van der Waals surface area contributed by atoms with Crippen LogP contribution in [0.3, 0.4) is 0 Å². The summed E-state index contributed by atoms with van der Waals surface area (Å²) in [4.78, 5) is 30.7. The van der Waals surface area contributed by atoms with Gasteiger partial charge in [0.1, 0.15) is 12.4 Å². The van der Waals surface area contributed by atoms with Crippen LogP contribution >= 0.6 is 0 Å². The Labute approximate surface area is 187 Å². The molecular formula is C25H24N6O. The van der Waals surface area contributed by atoms with E-state index in [1.807, 2.05) is 82.4 Å². The fourth-order valence-electron chi connectivity index (χ4n) is 3.96. The molecule has 0 bridgehead atoms. The van der Waals surface area contributed by atoms with Crippen LogP contribution in [-0.4, -0.2) is 56.5 Å². The quantitative estimate of drug-likeness (QED) is 0.492. The number of piperazine rings is 1. The van der Waals surface area contributed by atoms with E-state index in [2.05, 4.69) is 14.9 Å². The van der Waals surface area contributed by atoms with E-state index in [0.29, 0.717) is 19.0 Å².